The number of amides is 2. The fourth-order valence-electron chi connectivity index (χ4n) is 7.59. The van der Waals surface area contributed by atoms with Gasteiger partial charge in [0.1, 0.15) is 0 Å². The molecule has 0 saturated heterocycles. The van der Waals surface area contributed by atoms with Crippen LogP contribution in [-0.4, -0.2) is 77.8 Å². The molecule has 0 spiro atoms. The van der Waals surface area contributed by atoms with Gasteiger partial charge in [0.2, 0.25) is 0 Å². The zero-order valence-electron chi connectivity index (χ0n) is 58.7. The standard InChI is InChI=1S/C22H30.C16H34O3.C16H34O.C14H28N2O2.C5H12/c1-21(2,3)15-17-7-11-19(12-8-17)20-13-9-18(10-14-20)16-22(4,5)6;1-15(2,3)7-9-17-11-13-19-14-12-18-10-8-16(4,5)6;1-15(2,3)11-7-9-13-17-14-10-8-12-16(4,5)6;1-13(2,3)7-9-15-11(17)12(18)16-10-8-14(4,5)6;1-3-5-4-2/h7-14H,15-16H2,1-6H3;7-14H2,1-6H3;7-14H2,1-6H3;7-10H2,1-6H3,(H,15,17)(H,16,18);3-5H2,1-2H3. The number of carbonyl (C=O) groups excluding carboxylic acids is 2. The molecule has 8 nitrogen and oxygen atoms in total. The first-order valence-electron chi connectivity index (χ1n) is 32.0. The lowest BCUT2D eigenvalue weighted by Crippen LogP contribution is -2.41. The highest BCUT2D eigenvalue weighted by molar-refractivity contribution is 6.35. The van der Waals surface area contributed by atoms with Crippen LogP contribution in [0.15, 0.2) is 48.5 Å². The van der Waals surface area contributed by atoms with Crippen molar-refractivity contribution in [2.45, 2.75) is 276 Å². The van der Waals surface area contributed by atoms with Crippen molar-refractivity contribution < 1.29 is 28.5 Å². The Labute approximate surface area is 505 Å². The first-order chi connectivity index (χ1) is 37.0. The summed E-state index contributed by atoms with van der Waals surface area (Å²) < 4.78 is 22.1. The molecule has 0 aliphatic rings. The van der Waals surface area contributed by atoms with E-state index in [-0.39, 0.29) is 10.8 Å². The second-order valence-electron chi connectivity index (χ2n) is 32.5. The number of ether oxygens (including phenoxy) is 4. The van der Waals surface area contributed by atoms with Crippen LogP contribution >= 0.6 is 0 Å². The number of carbonyl (C=O) groups is 2. The molecule has 0 aliphatic carbocycles. The normalized spacial score (nSPS) is 12.4. The highest BCUT2D eigenvalue weighted by atomic mass is 16.5. The maximum atomic E-state index is 11.5. The van der Waals surface area contributed by atoms with Crippen LogP contribution < -0.4 is 10.6 Å². The smallest absolute Gasteiger partial charge is 0.309 e. The molecule has 0 saturated carbocycles. The third-order valence-electron chi connectivity index (χ3n) is 12.6. The topological polar surface area (TPSA) is 95.1 Å². The largest absolute Gasteiger partial charge is 0.381 e. The molecule has 0 radical (unpaired) electrons. The van der Waals surface area contributed by atoms with Crippen LogP contribution in [0.5, 0.6) is 0 Å². The van der Waals surface area contributed by atoms with Crippen LogP contribution in [0.3, 0.4) is 0 Å². The molecule has 476 valence electrons. The van der Waals surface area contributed by atoms with Gasteiger partial charge < -0.3 is 29.6 Å². The van der Waals surface area contributed by atoms with Gasteiger partial charge in [-0.05, 0) is 130 Å². The quantitative estimate of drug-likeness (QED) is 0.0684. The van der Waals surface area contributed by atoms with E-state index in [1.807, 2.05) is 0 Å². The Bertz CT molecular complexity index is 1660. The zero-order valence-corrected chi connectivity index (χ0v) is 58.7. The summed E-state index contributed by atoms with van der Waals surface area (Å²) in [5.41, 5.74) is 8.11. The van der Waals surface area contributed by atoms with Crippen molar-refractivity contribution in [3.05, 3.63) is 59.7 Å². The van der Waals surface area contributed by atoms with Crippen molar-refractivity contribution >= 4 is 11.8 Å². The number of unbranched alkanes of at least 4 members (excludes halogenated alkanes) is 4. The number of hydrogen-bond donors (Lipinski definition) is 2. The minimum Gasteiger partial charge on any atom is -0.381 e. The van der Waals surface area contributed by atoms with Crippen LogP contribution in [0.4, 0.5) is 0 Å². The lowest BCUT2D eigenvalue weighted by atomic mass is 9.87. The highest BCUT2D eigenvalue weighted by Crippen LogP contribution is 2.28. The highest BCUT2D eigenvalue weighted by Gasteiger charge is 2.18. The van der Waals surface area contributed by atoms with Crippen molar-refractivity contribution in [2.24, 2.45) is 43.3 Å². The first-order valence-corrected chi connectivity index (χ1v) is 32.0. The van der Waals surface area contributed by atoms with E-state index < -0.39 is 11.8 Å². The number of hydrogen-bond acceptors (Lipinski definition) is 6. The average Bonchev–Trinajstić information content (AvgIpc) is 3.28. The minimum absolute atomic E-state index is 0.163. The van der Waals surface area contributed by atoms with Crippen molar-refractivity contribution in [3.63, 3.8) is 0 Å². The van der Waals surface area contributed by atoms with Crippen LogP contribution in [-0.2, 0) is 41.4 Å². The maximum Gasteiger partial charge on any atom is 0.309 e. The Hall–Kier alpha value is -2.78. The molecule has 0 aromatic heterocycles. The predicted molar refractivity (Wildman–Crippen MR) is 356 cm³/mol. The fraction of sp³-hybridized carbons (Fsp3) is 0.808. The minimum atomic E-state index is -0.534. The van der Waals surface area contributed by atoms with Gasteiger partial charge in [-0.2, -0.15) is 0 Å². The van der Waals surface area contributed by atoms with Gasteiger partial charge in [-0.3, -0.25) is 9.59 Å². The molecule has 0 bridgehead atoms. The molecule has 2 aromatic carbocycles. The Kier molecular flexibility index (Phi) is 43.7. The van der Waals surface area contributed by atoms with Gasteiger partial charge in [0.05, 0.1) is 26.4 Å². The second kappa shape index (κ2) is 42.9. The average molecular weight is 1140 g/mol. The lowest BCUT2D eigenvalue weighted by Gasteiger charge is -2.19. The summed E-state index contributed by atoms with van der Waals surface area (Å²) in [4.78, 5) is 22.9. The molecular formula is C73H138N2O6. The summed E-state index contributed by atoms with van der Waals surface area (Å²) in [5, 5.41) is 5.27. The molecule has 0 aliphatic heterocycles. The molecule has 8 heteroatoms. The fourth-order valence-corrected chi connectivity index (χ4v) is 7.59. The van der Waals surface area contributed by atoms with Gasteiger partial charge in [0.25, 0.3) is 0 Å². The molecule has 0 atom stereocenters. The van der Waals surface area contributed by atoms with Crippen LogP contribution in [0.1, 0.15) is 275 Å². The van der Waals surface area contributed by atoms with E-state index >= 15 is 0 Å². The molecular weight excluding hydrogens is 1000 g/mol. The summed E-state index contributed by atoms with van der Waals surface area (Å²) in [6, 6.07) is 18.1. The summed E-state index contributed by atoms with van der Waals surface area (Å²) in [6.45, 7) is 65.2. The number of rotatable bonds is 27. The van der Waals surface area contributed by atoms with E-state index in [0.717, 1.165) is 65.0 Å². The van der Waals surface area contributed by atoms with Gasteiger partial charge in [0.15, 0.2) is 0 Å². The molecule has 2 rings (SSSR count). The zero-order chi connectivity index (χ0) is 63.0. The van der Waals surface area contributed by atoms with Crippen molar-refractivity contribution in [1.82, 2.24) is 10.6 Å². The number of benzene rings is 2. The summed E-state index contributed by atoms with van der Waals surface area (Å²) in [6.07, 6.45) is 17.8. The molecule has 81 heavy (non-hydrogen) atoms. The van der Waals surface area contributed by atoms with Crippen LogP contribution in [0.2, 0.25) is 0 Å². The van der Waals surface area contributed by atoms with Gasteiger partial charge in [-0.15, -0.1) is 0 Å². The van der Waals surface area contributed by atoms with Gasteiger partial charge in [-0.1, -0.05) is 261 Å². The summed E-state index contributed by atoms with van der Waals surface area (Å²) >= 11 is 0. The van der Waals surface area contributed by atoms with Crippen LogP contribution in [0, 0.1) is 43.3 Å². The van der Waals surface area contributed by atoms with Gasteiger partial charge >= 0.3 is 11.8 Å². The number of nitrogens with one attached hydrogen (secondary N) is 2. The molecule has 0 fully saturated rings. The molecule has 0 unspecified atom stereocenters. The Morgan fingerprint density at radius 2 is 0.568 bits per heavy atom. The van der Waals surface area contributed by atoms with E-state index in [4.69, 9.17) is 18.9 Å². The van der Waals surface area contributed by atoms with E-state index in [9.17, 15) is 9.59 Å². The van der Waals surface area contributed by atoms with E-state index in [2.05, 4.69) is 239 Å². The third-order valence-corrected chi connectivity index (χ3v) is 12.6. The molecule has 2 N–H and O–H groups in total. The Morgan fingerprint density at radius 3 is 0.802 bits per heavy atom. The third kappa shape index (κ3) is 66.2. The summed E-state index contributed by atoms with van der Waals surface area (Å²) in [7, 11) is 0. The van der Waals surface area contributed by atoms with Gasteiger partial charge in [-0.25, -0.2) is 0 Å². The van der Waals surface area contributed by atoms with Crippen molar-refractivity contribution in [2.75, 3.05) is 65.9 Å². The monoisotopic (exact) mass is 1140 g/mol. The SMILES string of the molecule is CC(C)(C)CCCCOCCCCC(C)(C)C.CC(C)(C)CCNC(=O)C(=O)NCCC(C)(C)C.CC(C)(C)CCOCCOCCOCCC(C)(C)C.CC(C)(C)Cc1ccc(-c2ccc(CC(C)(C)C)cc2)cc1.CCCCC. The summed E-state index contributed by atoms with van der Waals surface area (Å²) in [5.74, 6) is -1.07. The van der Waals surface area contributed by atoms with Crippen LogP contribution in [0.25, 0.3) is 11.1 Å². The van der Waals surface area contributed by atoms with E-state index in [1.54, 1.807) is 0 Å². The first kappa shape index (κ1) is 82.4. The molecule has 2 aromatic rings. The molecule has 0 heterocycles. The molecule has 2 amide bonds. The van der Waals surface area contributed by atoms with E-state index in [0.29, 0.717) is 72.0 Å². The Balaban J connectivity index is -0.000000977. The van der Waals surface area contributed by atoms with Crippen molar-refractivity contribution in [1.29, 1.82) is 0 Å². The predicted octanol–water partition coefficient (Wildman–Crippen LogP) is 20.2. The van der Waals surface area contributed by atoms with Gasteiger partial charge in [0, 0.05) is 39.5 Å². The Morgan fingerprint density at radius 1 is 0.309 bits per heavy atom. The lowest BCUT2D eigenvalue weighted by molar-refractivity contribution is -0.139. The maximum absolute atomic E-state index is 11.5. The second-order valence-corrected chi connectivity index (χ2v) is 32.5. The van der Waals surface area contributed by atoms with Crippen molar-refractivity contribution in [3.8, 4) is 11.1 Å². The van der Waals surface area contributed by atoms with E-state index in [1.165, 1.54) is 80.0 Å².